The summed E-state index contributed by atoms with van der Waals surface area (Å²) >= 11 is 1.54. The summed E-state index contributed by atoms with van der Waals surface area (Å²) < 4.78 is 0. The van der Waals surface area contributed by atoms with Crippen LogP contribution in [0.15, 0.2) is 17.4 Å². The minimum Gasteiger partial charge on any atom is -0.481 e. The molecule has 0 unspecified atom stereocenters. The molecule has 2 N–H and O–H groups in total. The third-order valence-corrected chi connectivity index (χ3v) is 4.79. The van der Waals surface area contributed by atoms with Crippen LogP contribution in [-0.4, -0.2) is 33.8 Å². The summed E-state index contributed by atoms with van der Waals surface area (Å²) in [5.41, 5.74) is -0.656. The van der Waals surface area contributed by atoms with Crippen molar-refractivity contribution in [1.29, 1.82) is 0 Å². The van der Waals surface area contributed by atoms with Gasteiger partial charge in [0, 0.05) is 12.6 Å². The molecule has 110 valence electrons. The molecule has 0 saturated heterocycles. The number of hydrogen-bond donors (Lipinski definition) is 2. The molecular formula is C14H21N3O2S. The van der Waals surface area contributed by atoms with Crippen molar-refractivity contribution in [3.05, 3.63) is 12.4 Å². The van der Waals surface area contributed by atoms with Gasteiger partial charge < -0.3 is 10.4 Å². The van der Waals surface area contributed by atoms with Crippen LogP contribution in [0.5, 0.6) is 0 Å². The summed E-state index contributed by atoms with van der Waals surface area (Å²) in [6.45, 7) is 2.62. The van der Waals surface area contributed by atoms with E-state index in [9.17, 15) is 9.90 Å². The first-order valence-corrected chi connectivity index (χ1v) is 8.11. The van der Waals surface area contributed by atoms with Crippen molar-refractivity contribution in [2.75, 3.05) is 18.1 Å². The van der Waals surface area contributed by atoms with E-state index >= 15 is 0 Å². The average molecular weight is 295 g/mol. The molecule has 1 aromatic heterocycles. The number of aliphatic carboxylic acids is 1. The Balaban J connectivity index is 2.04. The van der Waals surface area contributed by atoms with Gasteiger partial charge in [0.2, 0.25) is 0 Å². The largest absolute Gasteiger partial charge is 0.481 e. The Morgan fingerprint density at radius 3 is 2.80 bits per heavy atom. The van der Waals surface area contributed by atoms with Gasteiger partial charge in [-0.15, -0.1) is 11.8 Å². The zero-order valence-electron chi connectivity index (χ0n) is 11.9. The van der Waals surface area contributed by atoms with E-state index in [-0.39, 0.29) is 0 Å². The SMILES string of the molecule is CSc1cc(NCC2(C(=O)O)CCC(C)CC2)ncn1. The number of nitrogens with zero attached hydrogens (tertiary/aromatic N) is 2. The number of aromatic nitrogens is 2. The van der Waals surface area contributed by atoms with E-state index in [1.807, 2.05) is 12.3 Å². The van der Waals surface area contributed by atoms with E-state index in [1.54, 1.807) is 11.8 Å². The van der Waals surface area contributed by atoms with Crippen LogP contribution in [0.4, 0.5) is 5.82 Å². The number of hydrogen-bond acceptors (Lipinski definition) is 5. The Kier molecular flexibility index (Phi) is 4.86. The maximum Gasteiger partial charge on any atom is 0.311 e. The van der Waals surface area contributed by atoms with Gasteiger partial charge >= 0.3 is 5.97 Å². The average Bonchev–Trinajstić information content (AvgIpc) is 2.47. The number of rotatable bonds is 5. The normalized spacial score (nSPS) is 26.2. The van der Waals surface area contributed by atoms with E-state index < -0.39 is 11.4 Å². The number of anilines is 1. The highest BCUT2D eigenvalue weighted by molar-refractivity contribution is 7.98. The van der Waals surface area contributed by atoms with Crippen molar-refractivity contribution in [2.24, 2.45) is 11.3 Å². The van der Waals surface area contributed by atoms with Gasteiger partial charge in [0.25, 0.3) is 0 Å². The lowest BCUT2D eigenvalue weighted by molar-refractivity contribution is -0.150. The minimum absolute atomic E-state index is 0.430. The Morgan fingerprint density at radius 2 is 2.20 bits per heavy atom. The highest BCUT2D eigenvalue weighted by atomic mass is 32.2. The molecule has 1 fully saturated rings. The van der Waals surface area contributed by atoms with Crippen LogP contribution in [0, 0.1) is 11.3 Å². The van der Waals surface area contributed by atoms with Crippen molar-refractivity contribution in [1.82, 2.24) is 9.97 Å². The van der Waals surface area contributed by atoms with E-state index in [0.29, 0.717) is 18.3 Å². The molecule has 5 nitrogen and oxygen atoms in total. The Labute approximate surface area is 123 Å². The van der Waals surface area contributed by atoms with Crippen LogP contribution < -0.4 is 5.32 Å². The standard InChI is InChI=1S/C14H21N3O2S/c1-10-3-5-14(6-4-10,13(18)19)8-15-11-7-12(20-2)17-9-16-11/h7,9-10H,3-6,8H2,1-2H3,(H,18,19)(H,15,16,17). The molecule has 0 bridgehead atoms. The fourth-order valence-corrected chi connectivity index (χ4v) is 2.97. The summed E-state index contributed by atoms with van der Waals surface area (Å²) in [4.78, 5) is 19.9. The van der Waals surface area contributed by atoms with Gasteiger partial charge in [-0.2, -0.15) is 0 Å². The first-order chi connectivity index (χ1) is 9.55. The first-order valence-electron chi connectivity index (χ1n) is 6.89. The third-order valence-electron chi connectivity index (χ3n) is 4.14. The van der Waals surface area contributed by atoms with Gasteiger partial charge in [-0.3, -0.25) is 4.79 Å². The van der Waals surface area contributed by atoms with Crippen molar-refractivity contribution >= 4 is 23.5 Å². The molecule has 20 heavy (non-hydrogen) atoms. The van der Waals surface area contributed by atoms with Gasteiger partial charge in [-0.05, 0) is 37.9 Å². The number of nitrogens with one attached hydrogen (secondary N) is 1. The smallest absolute Gasteiger partial charge is 0.311 e. The number of carboxylic acid groups (broad SMARTS) is 1. The molecule has 0 radical (unpaired) electrons. The van der Waals surface area contributed by atoms with Crippen LogP contribution >= 0.6 is 11.8 Å². The molecule has 2 rings (SSSR count). The van der Waals surface area contributed by atoms with E-state index in [0.717, 1.165) is 30.7 Å². The van der Waals surface area contributed by atoms with Crippen LogP contribution in [-0.2, 0) is 4.79 Å². The molecule has 0 aromatic carbocycles. The second kappa shape index (κ2) is 6.43. The molecule has 1 aliphatic carbocycles. The summed E-state index contributed by atoms with van der Waals surface area (Å²) in [5, 5.41) is 13.6. The lowest BCUT2D eigenvalue weighted by Crippen LogP contribution is -2.41. The fourth-order valence-electron chi connectivity index (χ4n) is 2.59. The van der Waals surface area contributed by atoms with Gasteiger partial charge in [-0.1, -0.05) is 6.92 Å². The van der Waals surface area contributed by atoms with Crippen molar-refractivity contribution < 1.29 is 9.90 Å². The fraction of sp³-hybridized carbons (Fsp3) is 0.643. The molecule has 1 aliphatic rings. The predicted molar refractivity (Wildman–Crippen MR) is 80.0 cm³/mol. The molecule has 6 heteroatoms. The first kappa shape index (κ1) is 15.1. The van der Waals surface area contributed by atoms with Gasteiger partial charge in [0.05, 0.1) is 5.41 Å². The molecule has 1 heterocycles. The second-order valence-electron chi connectivity index (χ2n) is 5.57. The summed E-state index contributed by atoms with van der Waals surface area (Å²) in [5.74, 6) is 0.629. The molecule has 0 spiro atoms. The van der Waals surface area contributed by atoms with Gasteiger partial charge in [0.15, 0.2) is 0 Å². The Bertz CT molecular complexity index is 473. The van der Waals surface area contributed by atoms with Crippen molar-refractivity contribution in [2.45, 2.75) is 37.6 Å². The molecule has 0 atom stereocenters. The number of carboxylic acids is 1. The second-order valence-corrected chi connectivity index (χ2v) is 6.39. The van der Waals surface area contributed by atoms with Crippen LogP contribution in [0.3, 0.4) is 0 Å². The molecule has 0 amide bonds. The zero-order chi connectivity index (χ0) is 14.6. The minimum atomic E-state index is -0.698. The maximum atomic E-state index is 11.7. The summed E-state index contributed by atoms with van der Waals surface area (Å²) in [7, 11) is 0. The van der Waals surface area contributed by atoms with E-state index in [4.69, 9.17) is 0 Å². The number of carbonyl (C=O) groups is 1. The maximum absolute atomic E-state index is 11.7. The zero-order valence-corrected chi connectivity index (χ0v) is 12.7. The molecule has 1 saturated carbocycles. The lowest BCUT2D eigenvalue weighted by Gasteiger charge is -2.35. The predicted octanol–water partition coefficient (Wildman–Crippen LogP) is 2.89. The topological polar surface area (TPSA) is 75.1 Å². The molecule has 1 aromatic rings. The van der Waals surface area contributed by atoms with E-state index in [2.05, 4.69) is 22.2 Å². The molecule has 0 aliphatic heterocycles. The van der Waals surface area contributed by atoms with Gasteiger partial charge in [0.1, 0.15) is 17.2 Å². The van der Waals surface area contributed by atoms with Crippen LogP contribution in [0.25, 0.3) is 0 Å². The summed E-state index contributed by atoms with van der Waals surface area (Å²) in [6, 6.07) is 1.85. The van der Waals surface area contributed by atoms with Gasteiger partial charge in [-0.25, -0.2) is 9.97 Å². The monoisotopic (exact) mass is 295 g/mol. The summed E-state index contributed by atoms with van der Waals surface area (Å²) in [6.07, 6.45) is 6.88. The Hall–Kier alpha value is -1.30. The van der Waals surface area contributed by atoms with Crippen LogP contribution in [0.1, 0.15) is 32.6 Å². The van der Waals surface area contributed by atoms with Crippen molar-refractivity contribution in [3.63, 3.8) is 0 Å². The lowest BCUT2D eigenvalue weighted by atomic mass is 9.71. The third kappa shape index (κ3) is 3.42. The highest BCUT2D eigenvalue weighted by Gasteiger charge is 2.41. The quantitative estimate of drug-likeness (QED) is 0.642. The van der Waals surface area contributed by atoms with Crippen LogP contribution in [0.2, 0.25) is 0 Å². The molecular weight excluding hydrogens is 274 g/mol. The number of thioether (sulfide) groups is 1. The van der Waals surface area contributed by atoms with Crippen molar-refractivity contribution in [3.8, 4) is 0 Å². The van der Waals surface area contributed by atoms with E-state index in [1.165, 1.54) is 6.33 Å². The highest BCUT2D eigenvalue weighted by Crippen LogP contribution is 2.39. The Morgan fingerprint density at radius 1 is 1.50 bits per heavy atom.